The average molecular weight is 478 g/mol. The van der Waals surface area contributed by atoms with Crippen molar-refractivity contribution in [1.82, 2.24) is 15.1 Å². The van der Waals surface area contributed by atoms with Crippen LogP contribution >= 0.6 is 11.3 Å². The van der Waals surface area contributed by atoms with E-state index in [0.717, 1.165) is 16.2 Å². The second kappa shape index (κ2) is 8.67. The Labute approximate surface area is 198 Å². The maximum Gasteiger partial charge on any atom is 0.261 e. The van der Waals surface area contributed by atoms with Crippen LogP contribution in [0.4, 0.5) is 10.8 Å². The van der Waals surface area contributed by atoms with Crippen LogP contribution in [0, 0.1) is 5.92 Å². The van der Waals surface area contributed by atoms with Crippen molar-refractivity contribution >= 4 is 45.8 Å². The molecule has 1 atom stereocenters. The van der Waals surface area contributed by atoms with Crippen LogP contribution in [-0.4, -0.2) is 52.4 Å². The van der Waals surface area contributed by atoms with Crippen molar-refractivity contribution in [2.45, 2.75) is 13.0 Å². The number of methoxy groups -OCH3 is 1. The van der Waals surface area contributed by atoms with Crippen molar-refractivity contribution in [2.24, 2.45) is 5.92 Å². The number of fused-ring (bicyclic) bond motifs is 1. The van der Waals surface area contributed by atoms with E-state index in [4.69, 9.17) is 4.74 Å². The molecule has 172 valence electrons. The van der Waals surface area contributed by atoms with Crippen molar-refractivity contribution in [1.29, 1.82) is 0 Å². The summed E-state index contributed by atoms with van der Waals surface area (Å²) in [6.45, 7) is 0.213. The van der Waals surface area contributed by atoms with Crippen molar-refractivity contribution in [3.8, 4) is 5.75 Å². The van der Waals surface area contributed by atoms with E-state index in [-0.39, 0.29) is 48.3 Å². The fraction of sp³-hybridized carbons (Fsp3) is 0.217. The van der Waals surface area contributed by atoms with Crippen LogP contribution in [0.2, 0.25) is 0 Å². The van der Waals surface area contributed by atoms with Gasteiger partial charge in [0.05, 0.1) is 30.7 Å². The summed E-state index contributed by atoms with van der Waals surface area (Å²) in [6.07, 6.45) is 0.0819. The first-order chi connectivity index (χ1) is 16.4. The van der Waals surface area contributed by atoms with Gasteiger partial charge in [-0.2, -0.15) is 0 Å². The molecule has 0 spiro atoms. The van der Waals surface area contributed by atoms with Crippen molar-refractivity contribution in [3.05, 3.63) is 64.7 Å². The van der Waals surface area contributed by atoms with Crippen LogP contribution in [0.15, 0.2) is 48.5 Å². The fourth-order valence-corrected chi connectivity index (χ4v) is 4.72. The Morgan fingerprint density at radius 3 is 2.38 bits per heavy atom. The number of aromatic nitrogens is 2. The van der Waals surface area contributed by atoms with Crippen molar-refractivity contribution in [2.75, 3.05) is 23.9 Å². The first-order valence-corrected chi connectivity index (χ1v) is 11.3. The molecule has 1 unspecified atom stereocenters. The molecular formula is C23H19N5O5S. The number of hydrogen-bond donors (Lipinski definition) is 1. The maximum absolute atomic E-state index is 12.8. The number of hydrogen-bond acceptors (Lipinski definition) is 8. The fourth-order valence-electron chi connectivity index (χ4n) is 3.99. The molecule has 0 radical (unpaired) electrons. The van der Waals surface area contributed by atoms with E-state index in [0.29, 0.717) is 27.6 Å². The van der Waals surface area contributed by atoms with Crippen LogP contribution < -0.4 is 15.0 Å². The minimum atomic E-state index is -0.543. The number of anilines is 2. The van der Waals surface area contributed by atoms with E-state index in [1.54, 1.807) is 60.5 Å². The van der Waals surface area contributed by atoms with Crippen LogP contribution in [0.25, 0.3) is 0 Å². The molecular weight excluding hydrogens is 458 g/mol. The highest BCUT2D eigenvalue weighted by atomic mass is 32.1. The molecule has 1 aromatic heterocycles. The monoisotopic (exact) mass is 477 g/mol. The first kappa shape index (κ1) is 21.7. The third kappa shape index (κ3) is 3.90. The Bertz CT molecular complexity index is 1270. The number of carbonyl (C=O) groups excluding carboxylic acids is 4. The van der Waals surface area contributed by atoms with Gasteiger partial charge in [-0.3, -0.25) is 24.1 Å². The Morgan fingerprint density at radius 2 is 1.74 bits per heavy atom. The van der Waals surface area contributed by atoms with Gasteiger partial charge in [0.25, 0.3) is 11.8 Å². The molecule has 10 nitrogen and oxygen atoms in total. The lowest BCUT2D eigenvalue weighted by atomic mass is 10.1. The zero-order chi connectivity index (χ0) is 23.8. The number of carbonyl (C=O) groups is 4. The number of benzene rings is 2. The molecule has 3 heterocycles. The molecule has 2 aliphatic heterocycles. The number of rotatable bonds is 6. The molecule has 2 aliphatic rings. The summed E-state index contributed by atoms with van der Waals surface area (Å²) in [7, 11) is 1.56. The minimum Gasteiger partial charge on any atom is -0.497 e. The standard InChI is InChI=1S/C23H19N5O5S/c1-33-15-8-6-14(7-9-15)27-11-13(10-19(27)29)20(30)24-23-26-25-18(34-23)12-28-21(31)16-4-2-3-5-17(16)22(28)32/h2-9,13H,10-12H2,1H3,(H,24,26,30). The second-order valence-corrected chi connectivity index (χ2v) is 8.90. The molecule has 1 fully saturated rings. The summed E-state index contributed by atoms with van der Waals surface area (Å²) in [4.78, 5) is 53.0. The molecule has 1 N–H and O–H groups in total. The molecule has 1 saturated heterocycles. The molecule has 4 amide bonds. The lowest BCUT2D eigenvalue weighted by Crippen LogP contribution is -2.29. The van der Waals surface area contributed by atoms with Gasteiger partial charge < -0.3 is 15.0 Å². The predicted octanol–water partition coefficient (Wildman–Crippen LogP) is 2.33. The summed E-state index contributed by atoms with van der Waals surface area (Å²) in [5, 5.41) is 11.3. The summed E-state index contributed by atoms with van der Waals surface area (Å²) in [5.41, 5.74) is 1.41. The summed E-state index contributed by atoms with van der Waals surface area (Å²) >= 11 is 1.08. The van der Waals surface area contributed by atoms with Crippen LogP contribution in [0.1, 0.15) is 32.1 Å². The van der Waals surface area contributed by atoms with Gasteiger partial charge >= 0.3 is 0 Å². The lowest BCUT2D eigenvalue weighted by molar-refractivity contribution is -0.122. The second-order valence-electron chi connectivity index (χ2n) is 7.84. The van der Waals surface area contributed by atoms with Gasteiger partial charge in [0.15, 0.2) is 0 Å². The van der Waals surface area contributed by atoms with E-state index in [9.17, 15) is 19.2 Å². The third-order valence-corrected chi connectivity index (χ3v) is 6.57. The summed E-state index contributed by atoms with van der Waals surface area (Å²) < 4.78 is 5.14. The van der Waals surface area contributed by atoms with E-state index >= 15 is 0 Å². The van der Waals surface area contributed by atoms with Crippen LogP contribution in [0.5, 0.6) is 5.75 Å². The van der Waals surface area contributed by atoms with E-state index in [1.807, 2.05) is 0 Å². The molecule has 0 saturated carbocycles. The smallest absolute Gasteiger partial charge is 0.261 e. The van der Waals surface area contributed by atoms with Gasteiger partial charge in [0, 0.05) is 18.7 Å². The van der Waals surface area contributed by atoms with E-state index < -0.39 is 5.92 Å². The average Bonchev–Trinajstić information content (AvgIpc) is 3.53. The Hall–Kier alpha value is -4.12. The zero-order valence-electron chi connectivity index (χ0n) is 18.1. The number of amides is 4. The molecule has 3 aromatic rings. The van der Waals surface area contributed by atoms with Gasteiger partial charge in [-0.25, -0.2) is 0 Å². The molecule has 2 aromatic carbocycles. The highest BCUT2D eigenvalue weighted by molar-refractivity contribution is 7.15. The third-order valence-electron chi connectivity index (χ3n) is 5.75. The first-order valence-electron chi connectivity index (χ1n) is 10.5. The largest absolute Gasteiger partial charge is 0.497 e. The Kier molecular flexibility index (Phi) is 5.54. The molecule has 34 heavy (non-hydrogen) atoms. The summed E-state index contributed by atoms with van der Waals surface area (Å²) in [5.74, 6) is -1.12. The van der Waals surface area contributed by atoms with Crippen LogP contribution in [-0.2, 0) is 16.1 Å². The maximum atomic E-state index is 12.8. The molecule has 0 aliphatic carbocycles. The number of imide groups is 1. The van der Waals surface area contributed by atoms with Gasteiger partial charge in [0.2, 0.25) is 16.9 Å². The Morgan fingerprint density at radius 1 is 1.06 bits per heavy atom. The topological polar surface area (TPSA) is 122 Å². The number of nitrogens with one attached hydrogen (secondary N) is 1. The van der Waals surface area contributed by atoms with Gasteiger partial charge in [-0.05, 0) is 36.4 Å². The van der Waals surface area contributed by atoms with E-state index in [2.05, 4.69) is 15.5 Å². The van der Waals surface area contributed by atoms with Crippen molar-refractivity contribution < 1.29 is 23.9 Å². The van der Waals surface area contributed by atoms with Crippen LogP contribution in [0.3, 0.4) is 0 Å². The zero-order valence-corrected chi connectivity index (χ0v) is 18.9. The van der Waals surface area contributed by atoms with Gasteiger partial charge in [0.1, 0.15) is 10.8 Å². The minimum absolute atomic E-state index is 0.0347. The van der Waals surface area contributed by atoms with Gasteiger partial charge in [-0.15, -0.1) is 10.2 Å². The summed E-state index contributed by atoms with van der Waals surface area (Å²) in [6, 6.07) is 13.7. The highest BCUT2D eigenvalue weighted by Crippen LogP contribution is 2.29. The molecule has 0 bridgehead atoms. The number of nitrogens with zero attached hydrogens (tertiary/aromatic N) is 4. The highest BCUT2D eigenvalue weighted by Gasteiger charge is 2.37. The predicted molar refractivity (Wildman–Crippen MR) is 123 cm³/mol. The Balaban J connectivity index is 1.21. The quantitative estimate of drug-likeness (QED) is 0.541. The normalized spacial score (nSPS) is 17.3. The lowest BCUT2D eigenvalue weighted by Gasteiger charge is -2.16. The number of ether oxygens (including phenoxy) is 1. The van der Waals surface area contributed by atoms with Crippen molar-refractivity contribution in [3.63, 3.8) is 0 Å². The van der Waals surface area contributed by atoms with Gasteiger partial charge in [-0.1, -0.05) is 23.5 Å². The molecule has 5 rings (SSSR count). The van der Waals surface area contributed by atoms with E-state index in [1.165, 1.54) is 0 Å². The molecule has 11 heteroatoms. The SMILES string of the molecule is COc1ccc(N2CC(C(=O)Nc3nnc(CN4C(=O)c5ccccc5C4=O)s3)CC2=O)cc1.